The minimum absolute atomic E-state index is 0.842. The summed E-state index contributed by atoms with van der Waals surface area (Å²) in [4.78, 5) is 14.1. The molecule has 1 aliphatic rings. The fraction of sp³-hybridized carbons (Fsp3) is 0.217. The monoisotopic (exact) mass is 402 g/mol. The van der Waals surface area contributed by atoms with Gasteiger partial charge < -0.3 is 10.1 Å². The van der Waals surface area contributed by atoms with Crippen molar-refractivity contribution in [1.82, 2.24) is 14.9 Å². The normalized spacial score (nSPS) is 14.0. The summed E-state index contributed by atoms with van der Waals surface area (Å²) >= 11 is 1.79. The van der Waals surface area contributed by atoms with Crippen LogP contribution in [0.2, 0.25) is 0 Å². The topological polar surface area (TPSA) is 50.3 Å². The molecule has 4 aromatic rings. The van der Waals surface area contributed by atoms with Gasteiger partial charge in [-0.15, -0.1) is 11.3 Å². The molecule has 29 heavy (non-hydrogen) atoms. The van der Waals surface area contributed by atoms with Crippen LogP contribution >= 0.6 is 11.3 Å². The lowest BCUT2D eigenvalue weighted by molar-refractivity contribution is 0.249. The summed E-state index contributed by atoms with van der Waals surface area (Å²) in [6, 6.07) is 18.6. The van der Waals surface area contributed by atoms with E-state index in [1.807, 2.05) is 24.3 Å². The Bertz CT molecular complexity index is 1130. The first kappa shape index (κ1) is 18.1. The molecule has 0 saturated heterocycles. The molecule has 0 atom stereocenters. The van der Waals surface area contributed by atoms with Gasteiger partial charge in [0.15, 0.2) is 0 Å². The Morgan fingerprint density at radius 1 is 1.07 bits per heavy atom. The molecule has 3 heterocycles. The molecule has 0 bridgehead atoms. The van der Waals surface area contributed by atoms with Gasteiger partial charge in [0.05, 0.1) is 12.5 Å². The number of methoxy groups -OCH3 is 1. The zero-order valence-electron chi connectivity index (χ0n) is 16.3. The van der Waals surface area contributed by atoms with E-state index in [1.165, 1.54) is 21.4 Å². The molecule has 146 valence electrons. The molecule has 5 rings (SSSR count). The van der Waals surface area contributed by atoms with Crippen LogP contribution in [-0.4, -0.2) is 28.5 Å². The first-order chi connectivity index (χ1) is 14.3. The lowest BCUT2D eigenvalue weighted by atomic mass is 10.0. The van der Waals surface area contributed by atoms with E-state index >= 15 is 0 Å². The predicted molar refractivity (Wildman–Crippen MR) is 118 cm³/mol. The number of ether oxygens (including phenoxy) is 1. The highest BCUT2D eigenvalue weighted by atomic mass is 32.1. The minimum Gasteiger partial charge on any atom is -0.497 e. The zero-order valence-corrected chi connectivity index (χ0v) is 17.1. The zero-order chi connectivity index (χ0) is 19.6. The SMILES string of the molecule is COc1ccc(Nc2ncnc3sc4c(c23)CCN(Cc2ccccc2)C4)cc1. The first-order valence-corrected chi connectivity index (χ1v) is 10.5. The predicted octanol–water partition coefficient (Wildman–Crippen LogP) is 5.00. The van der Waals surface area contributed by atoms with Crippen LogP contribution < -0.4 is 10.1 Å². The summed E-state index contributed by atoms with van der Waals surface area (Å²) in [7, 11) is 1.68. The molecule has 0 saturated carbocycles. The maximum absolute atomic E-state index is 5.25. The average molecular weight is 403 g/mol. The molecule has 0 radical (unpaired) electrons. The van der Waals surface area contributed by atoms with Gasteiger partial charge in [0.2, 0.25) is 0 Å². The number of aromatic nitrogens is 2. The Labute approximate surface area is 174 Å². The van der Waals surface area contributed by atoms with Crippen molar-refractivity contribution in [3.8, 4) is 5.75 Å². The lowest BCUT2D eigenvalue weighted by Crippen LogP contribution is -2.29. The summed E-state index contributed by atoms with van der Waals surface area (Å²) in [6.45, 7) is 3.00. The van der Waals surface area contributed by atoms with Crippen molar-refractivity contribution >= 4 is 33.1 Å². The van der Waals surface area contributed by atoms with Crippen LogP contribution in [0.1, 0.15) is 16.0 Å². The van der Waals surface area contributed by atoms with Gasteiger partial charge in [-0.05, 0) is 41.8 Å². The highest BCUT2D eigenvalue weighted by Gasteiger charge is 2.23. The van der Waals surface area contributed by atoms with E-state index in [-0.39, 0.29) is 0 Å². The molecule has 0 amide bonds. The van der Waals surface area contributed by atoms with Crippen molar-refractivity contribution in [2.24, 2.45) is 0 Å². The summed E-state index contributed by atoms with van der Waals surface area (Å²) in [5, 5.41) is 4.64. The highest BCUT2D eigenvalue weighted by molar-refractivity contribution is 7.19. The third kappa shape index (κ3) is 3.69. The number of nitrogens with zero attached hydrogens (tertiary/aromatic N) is 3. The van der Waals surface area contributed by atoms with Gasteiger partial charge in [-0.1, -0.05) is 30.3 Å². The molecule has 0 fully saturated rings. The van der Waals surface area contributed by atoms with E-state index in [0.29, 0.717) is 0 Å². The van der Waals surface area contributed by atoms with Gasteiger partial charge in [-0.25, -0.2) is 9.97 Å². The van der Waals surface area contributed by atoms with Crippen molar-refractivity contribution in [1.29, 1.82) is 0 Å². The molecule has 2 aromatic carbocycles. The van der Waals surface area contributed by atoms with Crippen LogP contribution in [0.3, 0.4) is 0 Å². The molecule has 0 aliphatic carbocycles. The largest absolute Gasteiger partial charge is 0.497 e. The number of fused-ring (bicyclic) bond motifs is 3. The fourth-order valence-electron chi connectivity index (χ4n) is 3.86. The molecule has 2 aromatic heterocycles. The summed E-state index contributed by atoms with van der Waals surface area (Å²) < 4.78 is 5.25. The molecule has 5 nitrogen and oxygen atoms in total. The third-order valence-corrected chi connectivity index (χ3v) is 6.44. The fourth-order valence-corrected chi connectivity index (χ4v) is 5.09. The Kier molecular flexibility index (Phi) is 4.87. The van der Waals surface area contributed by atoms with Crippen LogP contribution in [0, 0.1) is 0 Å². The van der Waals surface area contributed by atoms with Gasteiger partial charge in [-0.3, -0.25) is 4.90 Å². The van der Waals surface area contributed by atoms with E-state index in [1.54, 1.807) is 24.8 Å². The second kappa shape index (κ2) is 7.81. The van der Waals surface area contributed by atoms with Gasteiger partial charge in [0.1, 0.15) is 22.7 Å². The van der Waals surface area contributed by atoms with Crippen molar-refractivity contribution in [2.45, 2.75) is 19.5 Å². The molecular formula is C23H22N4OS. The molecular weight excluding hydrogens is 380 g/mol. The number of benzene rings is 2. The van der Waals surface area contributed by atoms with Crippen molar-refractivity contribution in [2.75, 3.05) is 19.0 Å². The van der Waals surface area contributed by atoms with Crippen LogP contribution in [-0.2, 0) is 19.5 Å². The molecule has 0 unspecified atom stereocenters. The van der Waals surface area contributed by atoms with Crippen LogP contribution in [0.4, 0.5) is 11.5 Å². The van der Waals surface area contributed by atoms with Gasteiger partial charge in [-0.2, -0.15) is 0 Å². The molecule has 6 heteroatoms. The van der Waals surface area contributed by atoms with Crippen molar-refractivity contribution < 1.29 is 4.74 Å². The molecule has 1 N–H and O–H groups in total. The summed E-state index contributed by atoms with van der Waals surface area (Å²) in [5.41, 5.74) is 3.75. The van der Waals surface area contributed by atoms with Crippen molar-refractivity contribution in [3.63, 3.8) is 0 Å². The van der Waals surface area contributed by atoms with E-state index in [4.69, 9.17) is 4.74 Å². The van der Waals surface area contributed by atoms with E-state index in [0.717, 1.165) is 48.1 Å². The van der Waals surface area contributed by atoms with Crippen LogP contribution in [0.15, 0.2) is 60.9 Å². The Morgan fingerprint density at radius 3 is 2.69 bits per heavy atom. The van der Waals surface area contributed by atoms with Crippen LogP contribution in [0.25, 0.3) is 10.2 Å². The smallest absolute Gasteiger partial charge is 0.142 e. The van der Waals surface area contributed by atoms with Crippen molar-refractivity contribution in [3.05, 3.63) is 76.9 Å². The number of nitrogens with one attached hydrogen (secondary N) is 1. The van der Waals surface area contributed by atoms with Crippen LogP contribution in [0.5, 0.6) is 5.75 Å². The standard InChI is InChI=1S/C23H22N4OS/c1-28-18-9-7-17(8-10-18)26-22-21-19-11-12-27(13-16-5-3-2-4-6-16)14-20(19)29-23(21)25-15-24-22/h2-10,15H,11-14H2,1H3,(H,24,25,26). The number of thiophene rings is 1. The molecule has 1 aliphatic heterocycles. The molecule has 0 spiro atoms. The number of hydrogen-bond acceptors (Lipinski definition) is 6. The van der Waals surface area contributed by atoms with Gasteiger partial charge in [0.25, 0.3) is 0 Å². The van der Waals surface area contributed by atoms with E-state index in [9.17, 15) is 0 Å². The maximum atomic E-state index is 5.25. The van der Waals surface area contributed by atoms with E-state index in [2.05, 4.69) is 50.5 Å². The quantitative estimate of drug-likeness (QED) is 0.509. The Balaban J connectivity index is 1.42. The lowest BCUT2D eigenvalue weighted by Gasteiger charge is -2.27. The number of rotatable bonds is 5. The average Bonchev–Trinajstić information content (AvgIpc) is 3.14. The maximum Gasteiger partial charge on any atom is 0.142 e. The summed E-state index contributed by atoms with van der Waals surface area (Å²) in [5.74, 6) is 1.73. The third-order valence-electron chi connectivity index (χ3n) is 5.32. The number of hydrogen-bond donors (Lipinski definition) is 1. The Hall–Kier alpha value is -2.96. The van der Waals surface area contributed by atoms with E-state index < -0.39 is 0 Å². The second-order valence-corrected chi connectivity index (χ2v) is 8.29. The number of anilines is 2. The highest BCUT2D eigenvalue weighted by Crippen LogP contribution is 2.38. The van der Waals surface area contributed by atoms with Gasteiger partial charge >= 0.3 is 0 Å². The first-order valence-electron chi connectivity index (χ1n) is 9.73. The second-order valence-electron chi connectivity index (χ2n) is 7.21. The summed E-state index contributed by atoms with van der Waals surface area (Å²) in [6.07, 6.45) is 2.67. The minimum atomic E-state index is 0.842. The Morgan fingerprint density at radius 2 is 1.90 bits per heavy atom. The van der Waals surface area contributed by atoms with Gasteiger partial charge in [0, 0.05) is 30.2 Å².